The number of aliphatic carboxylic acids is 1. The Hall–Kier alpha value is -1.31. The maximum atomic E-state index is 12.2. The highest BCUT2D eigenvalue weighted by atomic mass is 16.8. The molecule has 15 nitrogen and oxygen atoms in total. The third-order valence-corrected chi connectivity index (χ3v) is 17.7. The van der Waals surface area contributed by atoms with Gasteiger partial charge in [-0.25, -0.2) is 4.79 Å². The molecule has 15 heteroatoms. The Morgan fingerprint density at radius 2 is 1.44 bits per heavy atom. The second-order valence-corrected chi connectivity index (χ2v) is 20.6. The Morgan fingerprint density at radius 1 is 0.737 bits per heavy atom. The molecule has 2 heterocycles. The van der Waals surface area contributed by atoms with E-state index in [1.165, 1.54) is 5.57 Å². The van der Waals surface area contributed by atoms with Crippen molar-refractivity contribution in [1.82, 2.24) is 0 Å². The van der Waals surface area contributed by atoms with Crippen LogP contribution in [0.25, 0.3) is 0 Å². The second kappa shape index (κ2) is 14.9. The minimum absolute atomic E-state index is 0.0340. The number of fused-ring (bicyclic) bond motifs is 7. The normalized spacial score (nSPS) is 56.4. The van der Waals surface area contributed by atoms with Crippen LogP contribution >= 0.6 is 0 Å². The molecule has 0 aromatic heterocycles. The van der Waals surface area contributed by atoms with Crippen molar-refractivity contribution in [3.8, 4) is 0 Å². The zero-order valence-corrected chi connectivity index (χ0v) is 34.2. The highest BCUT2D eigenvalue weighted by Crippen LogP contribution is 2.76. The van der Waals surface area contributed by atoms with E-state index in [9.17, 15) is 55.9 Å². The van der Waals surface area contributed by atoms with Gasteiger partial charge in [0, 0.05) is 17.4 Å². The van der Waals surface area contributed by atoms with Gasteiger partial charge < -0.3 is 70.0 Å². The molecule has 7 aliphatic rings. The lowest BCUT2D eigenvalue weighted by Gasteiger charge is -2.72. The summed E-state index contributed by atoms with van der Waals surface area (Å²) < 4.78 is 23.8. The number of ether oxygens (including phenoxy) is 4. The van der Waals surface area contributed by atoms with Crippen LogP contribution in [0.15, 0.2) is 11.6 Å². The molecule has 2 saturated heterocycles. The first-order valence-corrected chi connectivity index (χ1v) is 21.1. The number of allylic oxidation sites excluding steroid dienone is 2. The molecule has 7 rings (SSSR count). The molecule has 57 heavy (non-hydrogen) atoms. The summed E-state index contributed by atoms with van der Waals surface area (Å²) in [6.07, 6.45) is -9.40. The average molecular weight is 813 g/mol. The van der Waals surface area contributed by atoms with Gasteiger partial charge in [-0.1, -0.05) is 53.2 Å². The third-order valence-electron chi connectivity index (χ3n) is 17.7. The predicted molar refractivity (Wildman–Crippen MR) is 201 cm³/mol. The number of aliphatic hydroxyl groups is 9. The smallest absolute Gasteiger partial charge is 0.335 e. The van der Waals surface area contributed by atoms with Gasteiger partial charge in [-0.05, 0) is 97.2 Å². The molecule has 5 aliphatic carbocycles. The van der Waals surface area contributed by atoms with E-state index in [-0.39, 0.29) is 58.0 Å². The van der Waals surface area contributed by atoms with Crippen LogP contribution in [0.3, 0.4) is 0 Å². The molecule has 0 bridgehead atoms. The maximum absolute atomic E-state index is 12.2. The number of rotatable bonds is 8. The van der Waals surface area contributed by atoms with Crippen molar-refractivity contribution in [2.24, 2.45) is 50.2 Å². The molecule has 6 fully saturated rings. The van der Waals surface area contributed by atoms with Gasteiger partial charge in [0.05, 0.1) is 25.4 Å². The van der Waals surface area contributed by atoms with Gasteiger partial charge in [0.1, 0.15) is 42.7 Å². The van der Waals surface area contributed by atoms with E-state index in [2.05, 4.69) is 40.7 Å². The lowest BCUT2D eigenvalue weighted by molar-refractivity contribution is -0.375. The van der Waals surface area contributed by atoms with E-state index in [1.807, 2.05) is 6.92 Å². The Labute approximate surface area is 335 Å². The van der Waals surface area contributed by atoms with Crippen LogP contribution in [-0.2, 0) is 23.7 Å². The van der Waals surface area contributed by atoms with Crippen molar-refractivity contribution in [3.05, 3.63) is 11.6 Å². The first kappa shape index (κ1) is 43.8. The summed E-state index contributed by atoms with van der Waals surface area (Å²) in [4.78, 5) is 12.2. The van der Waals surface area contributed by atoms with Crippen LogP contribution in [0.4, 0.5) is 0 Å². The number of aliphatic hydroxyl groups excluding tert-OH is 9. The molecule has 0 unspecified atom stereocenters. The summed E-state index contributed by atoms with van der Waals surface area (Å²) in [5.41, 5.74) is -0.561. The lowest BCUT2D eigenvalue weighted by Crippen LogP contribution is -2.68. The molecule has 0 radical (unpaired) electrons. The number of carboxylic acid groups (broad SMARTS) is 1. The van der Waals surface area contributed by atoms with Crippen molar-refractivity contribution in [1.29, 1.82) is 0 Å². The fraction of sp³-hybridized carbons (Fsp3) is 0.929. The van der Waals surface area contributed by atoms with Crippen molar-refractivity contribution in [2.45, 2.75) is 173 Å². The number of hydrogen-bond donors (Lipinski definition) is 10. The molecular weight excluding hydrogens is 744 g/mol. The summed E-state index contributed by atoms with van der Waals surface area (Å²) >= 11 is 0. The second-order valence-electron chi connectivity index (χ2n) is 20.6. The van der Waals surface area contributed by atoms with E-state index < -0.39 is 91.6 Å². The minimum atomic E-state index is -1.98. The summed E-state index contributed by atoms with van der Waals surface area (Å²) in [6, 6.07) is 0. The van der Waals surface area contributed by atoms with Crippen LogP contribution in [-0.4, -0.2) is 150 Å². The molecule has 326 valence electrons. The summed E-state index contributed by atoms with van der Waals surface area (Å²) in [6.45, 7) is 12.5. The fourth-order valence-corrected chi connectivity index (χ4v) is 13.7. The molecular formula is C42H68O15. The van der Waals surface area contributed by atoms with Crippen molar-refractivity contribution in [2.75, 3.05) is 19.8 Å². The van der Waals surface area contributed by atoms with Gasteiger partial charge in [-0.3, -0.25) is 0 Å². The highest BCUT2D eigenvalue weighted by Gasteiger charge is 2.70. The number of carbonyl (C=O) groups is 1. The van der Waals surface area contributed by atoms with Crippen LogP contribution in [0.5, 0.6) is 0 Å². The molecule has 2 aliphatic heterocycles. The topological polar surface area (TPSA) is 256 Å². The third kappa shape index (κ3) is 6.43. The SMILES string of the molecule is C[C@]1(CO)C[C@@H](O)[C@@]2(C)CC[C@]3(C)C(=CC[C@H]4[C@]5(C)CC[C@@H](O[C@H]6O[C@@H](C(=O)O)[C@H](O)[C@@H](O)[C@@H]6O[C@H]6O[C@@H](CO)[C@H](O)[C@@H](O)[C@@H]6O)[C@](C)(CO)[C@H]5CC[C@]43C)[C@@H]2C1. The molecule has 21 atom stereocenters. The van der Waals surface area contributed by atoms with Gasteiger partial charge in [0.2, 0.25) is 0 Å². The quantitative estimate of drug-likeness (QED) is 0.120. The van der Waals surface area contributed by atoms with Crippen LogP contribution in [0.1, 0.15) is 99.3 Å². The van der Waals surface area contributed by atoms with Gasteiger partial charge in [0.15, 0.2) is 18.7 Å². The lowest BCUT2D eigenvalue weighted by atomic mass is 9.33. The van der Waals surface area contributed by atoms with Crippen LogP contribution < -0.4 is 0 Å². The largest absolute Gasteiger partial charge is 0.479 e. The first-order chi connectivity index (χ1) is 26.6. The Balaban J connectivity index is 1.17. The molecule has 0 aromatic rings. The van der Waals surface area contributed by atoms with E-state index in [4.69, 9.17) is 18.9 Å². The highest BCUT2D eigenvalue weighted by molar-refractivity contribution is 5.73. The Morgan fingerprint density at radius 3 is 2.07 bits per heavy atom. The summed E-state index contributed by atoms with van der Waals surface area (Å²) in [5.74, 6) is -1.20. The van der Waals surface area contributed by atoms with Gasteiger partial charge in [0.25, 0.3) is 0 Å². The Bertz CT molecular complexity index is 1540. The molecule has 10 N–H and O–H groups in total. The number of carboxylic acids is 1. The van der Waals surface area contributed by atoms with Crippen molar-refractivity contribution < 1.29 is 74.8 Å². The molecule has 0 spiro atoms. The van der Waals surface area contributed by atoms with Gasteiger partial charge in [-0.2, -0.15) is 0 Å². The van der Waals surface area contributed by atoms with Crippen LogP contribution in [0, 0.1) is 50.2 Å². The van der Waals surface area contributed by atoms with E-state index in [0.29, 0.717) is 19.3 Å². The van der Waals surface area contributed by atoms with Crippen molar-refractivity contribution >= 4 is 5.97 Å². The zero-order chi connectivity index (χ0) is 41.8. The first-order valence-electron chi connectivity index (χ1n) is 21.1. The molecule has 0 amide bonds. The van der Waals surface area contributed by atoms with Gasteiger partial charge >= 0.3 is 5.97 Å². The minimum Gasteiger partial charge on any atom is -0.479 e. The molecule has 4 saturated carbocycles. The fourth-order valence-electron chi connectivity index (χ4n) is 13.7. The van der Waals surface area contributed by atoms with Crippen molar-refractivity contribution in [3.63, 3.8) is 0 Å². The monoisotopic (exact) mass is 812 g/mol. The summed E-state index contributed by atoms with van der Waals surface area (Å²) in [7, 11) is 0. The number of hydrogen-bond acceptors (Lipinski definition) is 14. The predicted octanol–water partition coefficient (Wildman–Crippen LogP) is 0.825. The van der Waals surface area contributed by atoms with Crippen LogP contribution in [0.2, 0.25) is 0 Å². The van der Waals surface area contributed by atoms with E-state index >= 15 is 0 Å². The van der Waals surface area contributed by atoms with Gasteiger partial charge in [-0.15, -0.1) is 0 Å². The Kier molecular flexibility index (Phi) is 11.5. The molecule has 0 aromatic carbocycles. The average Bonchev–Trinajstić information content (AvgIpc) is 3.16. The maximum Gasteiger partial charge on any atom is 0.335 e. The standard InChI is InChI=1S/C42H68O15/c1-37(18-44)15-21-20-7-8-24-39(3)11-10-26(40(4,19-45)23(39)9-12-42(24,6)41(20,5)14-13-38(21,2)25(46)16-37)55-36-33(30(50)29(49)32(56-36)34(52)53)57-35-31(51)28(48)27(47)22(17-43)54-35/h7,21-33,35-36,43-51H,8-19H2,1-6H3,(H,52,53)/t21-,22-,23-,24-,25+,26+,27-,28+,29+,30+,31-,32+,33-,35+,36-,37+,38-,39+,40+,41+,42+/m0/s1. The van der Waals surface area contributed by atoms with E-state index in [0.717, 1.165) is 38.5 Å². The van der Waals surface area contributed by atoms with E-state index in [1.54, 1.807) is 0 Å². The zero-order valence-electron chi connectivity index (χ0n) is 34.2. The summed E-state index contributed by atoms with van der Waals surface area (Å²) in [5, 5.41) is 106.